The van der Waals surface area contributed by atoms with Gasteiger partial charge in [0.2, 0.25) is 0 Å². The molecule has 1 fully saturated rings. The van der Waals surface area contributed by atoms with Crippen LogP contribution in [-0.2, 0) is 19.1 Å². The van der Waals surface area contributed by atoms with Crippen LogP contribution in [0.4, 0.5) is 10.5 Å². The summed E-state index contributed by atoms with van der Waals surface area (Å²) in [6, 6.07) is 6.19. The highest BCUT2D eigenvalue weighted by atomic mass is 32.2. The van der Waals surface area contributed by atoms with Crippen LogP contribution < -0.4 is 5.32 Å². The van der Waals surface area contributed by atoms with Crippen LogP contribution in [0.15, 0.2) is 24.3 Å². The smallest absolute Gasteiger partial charge is 0.338 e. The molecule has 1 saturated heterocycles. The summed E-state index contributed by atoms with van der Waals surface area (Å²) in [5.41, 5.74) is 0.847. The fourth-order valence-electron chi connectivity index (χ4n) is 2.08. The van der Waals surface area contributed by atoms with E-state index in [9.17, 15) is 19.2 Å². The molecule has 1 heterocycles. The highest BCUT2D eigenvalue weighted by molar-refractivity contribution is 8.13. The lowest BCUT2D eigenvalue weighted by molar-refractivity contribution is -0.147. The van der Waals surface area contributed by atoms with Crippen LogP contribution in [-0.4, -0.2) is 60.0 Å². The van der Waals surface area contributed by atoms with Crippen molar-refractivity contribution >= 4 is 40.5 Å². The SMILES string of the molecule is CCCOC(=O)c1ccc(NC(=O)COC(=O)CN2CCSC2=O)cc1. The Labute approximate surface area is 155 Å². The van der Waals surface area contributed by atoms with Gasteiger partial charge in [0.25, 0.3) is 11.1 Å². The molecular formula is C17H20N2O6S. The lowest BCUT2D eigenvalue weighted by Gasteiger charge is -2.13. The second kappa shape index (κ2) is 9.81. The minimum Gasteiger partial charge on any atom is -0.462 e. The maximum atomic E-state index is 11.8. The van der Waals surface area contributed by atoms with E-state index in [1.165, 1.54) is 17.0 Å². The van der Waals surface area contributed by atoms with Crippen LogP contribution in [0, 0.1) is 0 Å². The minimum atomic E-state index is -0.634. The highest BCUT2D eigenvalue weighted by Crippen LogP contribution is 2.16. The van der Waals surface area contributed by atoms with Crippen LogP contribution in [0.5, 0.6) is 0 Å². The number of esters is 2. The average molecular weight is 380 g/mol. The van der Waals surface area contributed by atoms with Crippen LogP contribution in [0.3, 0.4) is 0 Å². The zero-order chi connectivity index (χ0) is 18.9. The number of carbonyl (C=O) groups excluding carboxylic acids is 4. The number of anilines is 1. The van der Waals surface area contributed by atoms with Crippen LogP contribution in [0.25, 0.3) is 0 Å². The van der Waals surface area contributed by atoms with Gasteiger partial charge in [0, 0.05) is 18.0 Å². The molecule has 1 aliphatic rings. The predicted molar refractivity (Wildman–Crippen MR) is 96.0 cm³/mol. The van der Waals surface area contributed by atoms with Gasteiger partial charge in [-0.2, -0.15) is 0 Å². The number of benzene rings is 1. The first-order valence-electron chi connectivity index (χ1n) is 8.14. The first kappa shape index (κ1) is 19.8. The van der Waals surface area contributed by atoms with Crippen LogP contribution in [0.1, 0.15) is 23.7 Å². The van der Waals surface area contributed by atoms with Crippen LogP contribution in [0.2, 0.25) is 0 Å². The van der Waals surface area contributed by atoms with Crippen molar-refractivity contribution < 1.29 is 28.7 Å². The molecule has 0 bridgehead atoms. The molecule has 1 aromatic rings. The van der Waals surface area contributed by atoms with E-state index in [1.54, 1.807) is 12.1 Å². The Morgan fingerprint density at radius 3 is 2.54 bits per heavy atom. The number of hydrogen-bond donors (Lipinski definition) is 1. The molecule has 0 spiro atoms. The number of hydrogen-bond acceptors (Lipinski definition) is 7. The monoisotopic (exact) mass is 380 g/mol. The topological polar surface area (TPSA) is 102 Å². The molecule has 1 aromatic carbocycles. The minimum absolute atomic E-state index is 0.159. The quantitative estimate of drug-likeness (QED) is 0.687. The Morgan fingerprint density at radius 2 is 1.92 bits per heavy atom. The molecule has 9 heteroatoms. The van der Waals surface area contributed by atoms with Gasteiger partial charge in [-0.25, -0.2) is 4.79 Å². The first-order valence-corrected chi connectivity index (χ1v) is 9.12. The summed E-state index contributed by atoms with van der Waals surface area (Å²) in [6.07, 6.45) is 0.739. The van der Waals surface area contributed by atoms with E-state index in [-0.39, 0.29) is 11.8 Å². The number of ether oxygens (including phenoxy) is 2. The third-order valence-corrected chi connectivity index (χ3v) is 4.26. The number of rotatable bonds is 8. The van der Waals surface area contributed by atoms with E-state index in [4.69, 9.17) is 9.47 Å². The van der Waals surface area contributed by atoms with Crippen molar-refractivity contribution in [2.24, 2.45) is 0 Å². The zero-order valence-corrected chi connectivity index (χ0v) is 15.2. The third-order valence-electron chi connectivity index (χ3n) is 3.37. The maximum Gasteiger partial charge on any atom is 0.338 e. The van der Waals surface area contributed by atoms with Gasteiger partial charge in [-0.05, 0) is 30.7 Å². The Hall–Kier alpha value is -2.55. The molecule has 0 atom stereocenters. The van der Waals surface area contributed by atoms with Crippen molar-refractivity contribution in [3.8, 4) is 0 Å². The summed E-state index contributed by atoms with van der Waals surface area (Å²) in [4.78, 5) is 47.9. The first-order chi connectivity index (χ1) is 12.5. The van der Waals surface area contributed by atoms with E-state index in [1.807, 2.05) is 6.92 Å². The Morgan fingerprint density at radius 1 is 1.19 bits per heavy atom. The summed E-state index contributed by atoms with van der Waals surface area (Å²) in [7, 11) is 0. The number of carbonyl (C=O) groups is 4. The van der Waals surface area contributed by atoms with Gasteiger partial charge in [-0.1, -0.05) is 18.7 Å². The molecule has 2 rings (SSSR count). The number of amides is 2. The van der Waals surface area contributed by atoms with Crippen molar-refractivity contribution in [1.29, 1.82) is 0 Å². The van der Waals surface area contributed by atoms with Gasteiger partial charge in [0.1, 0.15) is 6.54 Å². The third kappa shape index (κ3) is 6.07. The van der Waals surface area contributed by atoms with E-state index in [2.05, 4.69) is 5.32 Å². The molecule has 1 N–H and O–H groups in total. The summed E-state index contributed by atoms with van der Waals surface area (Å²) < 4.78 is 9.88. The largest absolute Gasteiger partial charge is 0.462 e. The van der Waals surface area contributed by atoms with Gasteiger partial charge in [0.15, 0.2) is 6.61 Å². The molecule has 0 radical (unpaired) electrons. The molecule has 0 saturated carbocycles. The van der Waals surface area contributed by atoms with Crippen LogP contribution >= 0.6 is 11.8 Å². The Balaban J connectivity index is 1.74. The molecule has 1 aliphatic heterocycles. The lowest BCUT2D eigenvalue weighted by Crippen LogP contribution is -2.32. The molecule has 8 nitrogen and oxygen atoms in total. The van der Waals surface area contributed by atoms with E-state index >= 15 is 0 Å². The average Bonchev–Trinajstić information content (AvgIpc) is 3.03. The fourth-order valence-corrected chi connectivity index (χ4v) is 2.91. The number of thioether (sulfide) groups is 1. The molecule has 0 aromatic heterocycles. The molecule has 0 aliphatic carbocycles. The van der Waals surface area contributed by atoms with E-state index in [0.29, 0.717) is 30.2 Å². The number of nitrogens with zero attached hydrogens (tertiary/aromatic N) is 1. The summed E-state index contributed by atoms with van der Waals surface area (Å²) in [5, 5.41) is 2.39. The molecule has 26 heavy (non-hydrogen) atoms. The highest BCUT2D eigenvalue weighted by Gasteiger charge is 2.24. The van der Waals surface area contributed by atoms with Gasteiger partial charge in [0.05, 0.1) is 12.2 Å². The van der Waals surface area contributed by atoms with E-state index < -0.39 is 24.5 Å². The molecule has 140 valence electrons. The van der Waals surface area contributed by atoms with Crippen molar-refractivity contribution in [3.63, 3.8) is 0 Å². The van der Waals surface area contributed by atoms with Crippen molar-refractivity contribution in [1.82, 2.24) is 4.90 Å². The maximum absolute atomic E-state index is 11.8. The Kier molecular flexibility index (Phi) is 7.46. The zero-order valence-electron chi connectivity index (χ0n) is 14.4. The molecule has 2 amide bonds. The van der Waals surface area contributed by atoms with Gasteiger partial charge in [-0.3, -0.25) is 14.4 Å². The number of nitrogens with one attached hydrogen (secondary N) is 1. The van der Waals surface area contributed by atoms with Gasteiger partial charge < -0.3 is 19.7 Å². The summed E-state index contributed by atoms with van der Waals surface area (Å²) >= 11 is 1.15. The van der Waals surface area contributed by atoms with Gasteiger partial charge in [-0.15, -0.1) is 0 Å². The Bertz CT molecular complexity index is 676. The van der Waals surface area contributed by atoms with Gasteiger partial charge >= 0.3 is 11.9 Å². The fraction of sp³-hybridized carbons (Fsp3) is 0.412. The van der Waals surface area contributed by atoms with Crippen molar-refractivity contribution in [2.75, 3.05) is 37.4 Å². The van der Waals surface area contributed by atoms with E-state index in [0.717, 1.165) is 18.2 Å². The summed E-state index contributed by atoms with van der Waals surface area (Å²) in [5.74, 6) is -0.922. The van der Waals surface area contributed by atoms with Crippen molar-refractivity contribution in [2.45, 2.75) is 13.3 Å². The lowest BCUT2D eigenvalue weighted by atomic mass is 10.2. The molecular weight excluding hydrogens is 360 g/mol. The molecule has 0 unspecified atom stereocenters. The second-order valence-electron chi connectivity index (χ2n) is 5.46. The standard InChI is InChI=1S/C17H20N2O6S/c1-2-8-24-16(22)12-3-5-13(6-4-12)18-14(20)11-25-15(21)10-19-7-9-26-17(19)23/h3-6H,2,7-11H2,1H3,(H,18,20). The summed E-state index contributed by atoms with van der Waals surface area (Å²) in [6.45, 7) is 2.14. The van der Waals surface area contributed by atoms with Crippen molar-refractivity contribution in [3.05, 3.63) is 29.8 Å². The predicted octanol–water partition coefficient (Wildman–Crippen LogP) is 1.90. The second-order valence-corrected chi connectivity index (χ2v) is 6.50. The normalized spacial score (nSPS) is 13.4.